The summed E-state index contributed by atoms with van der Waals surface area (Å²) in [7, 11) is 0. The number of halogens is 1. The zero-order valence-electron chi connectivity index (χ0n) is 16.8. The van der Waals surface area contributed by atoms with E-state index in [-0.39, 0.29) is 24.0 Å². The first-order valence-electron chi connectivity index (χ1n) is 10.1. The molecule has 6 heteroatoms. The van der Waals surface area contributed by atoms with Gasteiger partial charge in [0.05, 0.1) is 0 Å². The summed E-state index contributed by atoms with van der Waals surface area (Å²) >= 11 is 1.86. The maximum atomic E-state index is 4.87. The molecule has 0 spiro atoms. The van der Waals surface area contributed by atoms with E-state index in [0.717, 1.165) is 45.1 Å². The van der Waals surface area contributed by atoms with Gasteiger partial charge in [0.15, 0.2) is 5.96 Å². The standard InChI is InChI=1S/C22H32N4S.HI/c1-2-23-22(24-13-12-19-8-4-3-5-9-19)25-16-20-10-6-14-26(17-20)18-21-11-7-15-27-21;/h3-5,7-9,11,15,20H,2,6,10,12-14,16-18H2,1H3,(H2,23,24,25);1H. The number of rotatable bonds is 8. The number of hydrogen-bond donors (Lipinski definition) is 2. The summed E-state index contributed by atoms with van der Waals surface area (Å²) in [5.74, 6) is 1.60. The molecule has 0 radical (unpaired) electrons. The van der Waals surface area contributed by atoms with E-state index in [1.165, 1.54) is 29.8 Å². The molecule has 1 fully saturated rings. The van der Waals surface area contributed by atoms with Crippen molar-refractivity contribution in [2.75, 3.05) is 32.7 Å². The van der Waals surface area contributed by atoms with E-state index in [4.69, 9.17) is 4.99 Å². The normalized spacial score (nSPS) is 17.8. The van der Waals surface area contributed by atoms with Gasteiger partial charge in [-0.1, -0.05) is 36.4 Å². The molecule has 1 atom stereocenters. The highest BCUT2D eigenvalue weighted by Gasteiger charge is 2.20. The molecule has 2 aromatic rings. The highest BCUT2D eigenvalue weighted by Crippen LogP contribution is 2.20. The molecule has 4 nitrogen and oxygen atoms in total. The molecule has 154 valence electrons. The van der Waals surface area contributed by atoms with Crippen LogP contribution in [0.2, 0.25) is 0 Å². The summed E-state index contributed by atoms with van der Waals surface area (Å²) in [4.78, 5) is 8.93. The smallest absolute Gasteiger partial charge is 0.191 e. The molecule has 1 aromatic heterocycles. The van der Waals surface area contributed by atoms with Gasteiger partial charge in [0.25, 0.3) is 0 Å². The highest BCUT2D eigenvalue weighted by atomic mass is 127. The Kier molecular flexibility index (Phi) is 10.9. The van der Waals surface area contributed by atoms with Gasteiger partial charge in [0.1, 0.15) is 0 Å². The van der Waals surface area contributed by atoms with Gasteiger partial charge in [-0.3, -0.25) is 9.89 Å². The average Bonchev–Trinajstić information content (AvgIpc) is 3.20. The third-order valence-corrected chi connectivity index (χ3v) is 5.82. The van der Waals surface area contributed by atoms with E-state index in [2.05, 4.69) is 70.3 Å². The second kappa shape index (κ2) is 13.2. The van der Waals surface area contributed by atoms with E-state index < -0.39 is 0 Å². The number of nitrogens with one attached hydrogen (secondary N) is 2. The van der Waals surface area contributed by atoms with Crippen molar-refractivity contribution in [3.8, 4) is 0 Å². The first kappa shape index (κ1) is 23.2. The lowest BCUT2D eigenvalue weighted by Crippen LogP contribution is -2.40. The third-order valence-electron chi connectivity index (χ3n) is 4.96. The number of aliphatic imine (C=N–C) groups is 1. The molecule has 2 heterocycles. The Balaban J connectivity index is 0.00000280. The predicted molar refractivity (Wildman–Crippen MR) is 132 cm³/mol. The van der Waals surface area contributed by atoms with Crippen LogP contribution in [-0.4, -0.2) is 43.6 Å². The molecule has 1 aromatic carbocycles. The van der Waals surface area contributed by atoms with Crippen LogP contribution in [0.4, 0.5) is 0 Å². The first-order chi connectivity index (χ1) is 13.3. The van der Waals surface area contributed by atoms with E-state index in [0.29, 0.717) is 5.92 Å². The third kappa shape index (κ3) is 8.09. The van der Waals surface area contributed by atoms with Crippen LogP contribution in [0.3, 0.4) is 0 Å². The van der Waals surface area contributed by atoms with Crippen LogP contribution < -0.4 is 10.6 Å². The van der Waals surface area contributed by atoms with E-state index in [1.54, 1.807) is 0 Å². The molecule has 1 aliphatic heterocycles. The maximum Gasteiger partial charge on any atom is 0.191 e. The van der Waals surface area contributed by atoms with Crippen molar-refractivity contribution in [3.63, 3.8) is 0 Å². The van der Waals surface area contributed by atoms with E-state index >= 15 is 0 Å². The number of benzene rings is 1. The van der Waals surface area contributed by atoms with E-state index in [9.17, 15) is 0 Å². The van der Waals surface area contributed by atoms with Crippen molar-refractivity contribution in [1.82, 2.24) is 15.5 Å². The topological polar surface area (TPSA) is 39.7 Å². The highest BCUT2D eigenvalue weighted by molar-refractivity contribution is 14.0. The average molecular weight is 513 g/mol. The summed E-state index contributed by atoms with van der Waals surface area (Å²) in [5, 5.41) is 9.04. The molecule has 3 rings (SSSR count). The Bertz CT molecular complexity index is 675. The van der Waals surface area contributed by atoms with Crippen LogP contribution in [0, 0.1) is 5.92 Å². The number of likely N-dealkylation sites (tertiary alicyclic amines) is 1. The van der Waals surface area contributed by atoms with Gasteiger partial charge in [0.2, 0.25) is 0 Å². The molecular formula is C22H33IN4S. The number of piperidine rings is 1. The Morgan fingerprint density at radius 1 is 1.18 bits per heavy atom. The second-order valence-corrected chi connectivity index (χ2v) is 8.24. The lowest BCUT2D eigenvalue weighted by molar-refractivity contribution is 0.172. The molecule has 0 amide bonds. The van der Waals surface area contributed by atoms with Crippen molar-refractivity contribution in [3.05, 3.63) is 58.3 Å². The molecule has 1 saturated heterocycles. The van der Waals surface area contributed by atoms with Crippen molar-refractivity contribution in [2.24, 2.45) is 10.9 Å². The van der Waals surface area contributed by atoms with Crippen molar-refractivity contribution in [2.45, 2.75) is 32.7 Å². The first-order valence-corrected chi connectivity index (χ1v) is 11.0. The lowest BCUT2D eigenvalue weighted by Gasteiger charge is -2.31. The summed E-state index contributed by atoms with van der Waals surface area (Å²) in [6, 6.07) is 15.0. The quantitative estimate of drug-likeness (QED) is 0.314. The van der Waals surface area contributed by atoms with Gasteiger partial charge in [-0.15, -0.1) is 35.3 Å². The SMILES string of the molecule is CCNC(=NCC1CCCN(Cc2cccs2)C1)NCCc1ccccc1.I. The summed E-state index contributed by atoms with van der Waals surface area (Å²) in [6.07, 6.45) is 3.58. The largest absolute Gasteiger partial charge is 0.357 e. The Labute approximate surface area is 190 Å². The van der Waals surface area contributed by atoms with Crippen molar-refractivity contribution >= 4 is 41.3 Å². The lowest BCUT2D eigenvalue weighted by atomic mass is 9.98. The van der Waals surface area contributed by atoms with E-state index in [1.807, 2.05) is 11.3 Å². The summed E-state index contributed by atoms with van der Waals surface area (Å²) in [6.45, 7) is 8.29. The minimum absolute atomic E-state index is 0. The zero-order valence-corrected chi connectivity index (χ0v) is 19.9. The molecule has 0 aliphatic carbocycles. The van der Waals surface area contributed by atoms with Crippen LogP contribution in [0.25, 0.3) is 0 Å². The van der Waals surface area contributed by atoms with Crippen LogP contribution in [0.5, 0.6) is 0 Å². The van der Waals surface area contributed by atoms with Crippen LogP contribution in [0.1, 0.15) is 30.2 Å². The second-order valence-electron chi connectivity index (χ2n) is 7.20. The predicted octanol–water partition coefficient (Wildman–Crippen LogP) is 4.38. The van der Waals surface area contributed by atoms with Gasteiger partial charge in [-0.05, 0) is 55.7 Å². The molecule has 2 N–H and O–H groups in total. The monoisotopic (exact) mass is 512 g/mol. The van der Waals surface area contributed by atoms with Gasteiger partial charge in [-0.25, -0.2) is 0 Å². The Hall–Kier alpha value is -1.12. The summed E-state index contributed by atoms with van der Waals surface area (Å²) in [5.41, 5.74) is 1.36. The van der Waals surface area contributed by atoms with Crippen LogP contribution >= 0.6 is 35.3 Å². The minimum Gasteiger partial charge on any atom is -0.357 e. The zero-order chi connectivity index (χ0) is 18.7. The van der Waals surface area contributed by atoms with Gasteiger partial charge < -0.3 is 10.6 Å². The van der Waals surface area contributed by atoms with Gasteiger partial charge in [0, 0.05) is 37.6 Å². The van der Waals surface area contributed by atoms with Gasteiger partial charge in [-0.2, -0.15) is 0 Å². The molecule has 0 saturated carbocycles. The number of nitrogens with zero attached hydrogens (tertiary/aromatic N) is 2. The van der Waals surface area contributed by atoms with Gasteiger partial charge >= 0.3 is 0 Å². The molecular weight excluding hydrogens is 479 g/mol. The number of guanidine groups is 1. The van der Waals surface area contributed by atoms with Crippen molar-refractivity contribution in [1.29, 1.82) is 0 Å². The fraction of sp³-hybridized carbons (Fsp3) is 0.500. The number of hydrogen-bond acceptors (Lipinski definition) is 3. The Morgan fingerprint density at radius 3 is 2.79 bits per heavy atom. The fourth-order valence-corrected chi connectivity index (χ4v) is 4.35. The minimum atomic E-state index is 0. The van der Waals surface area contributed by atoms with Crippen molar-refractivity contribution < 1.29 is 0 Å². The maximum absolute atomic E-state index is 4.87. The molecule has 1 unspecified atom stereocenters. The Morgan fingerprint density at radius 2 is 2.04 bits per heavy atom. The molecule has 1 aliphatic rings. The number of thiophene rings is 1. The molecule has 0 bridgehead atoms. The molecule has 28 heavy (non-hydrogen) atoms. The summed E-state index contributed by atoms with van der Waals surface area (Å²) < 4.78 is 0. The van der Waals surface area contributed by atoms with Crippen LogP contribution in [0.15, 0.2) is 52.8 Å². The van der Waals surface area contributed by atoms with Crippen LogP contribution in [-0.2, 0) is 13.0 Å². The fourth-order valence-electron chi connectivity index (χ4n) is 3.60.